The van der Waals surface area contributed by atoms with E-state index in [0.717, 1.165) is 34.0 Å². The van der Waals surface area contributed by atoms with E-state index in [1.54, 1.807) is 18.2 Å². The van der Waals surface area contributed by atoms with Gasteiger partial charge in [0.15, 0.2) is 0 Å². The molecule has 0 aliphatic carbocycles. The van der Waals surface area contributed by atoms with Crippen LogP contribution in [0.25, 0.3) is 11.8 Å². The van der Waals surface area contributed by atoms with Crippen LogP contribution in [-0.2, 0) is 16.0 Å². The van der Waals surface area contributed by atoms with Crippen LogP contribution in [0.15, 0.2) is 48.0 Å². The first-order valence-electron chi connectivity index (χ1n) is 11.6. The topological polar surface area (TPSA) is 89.9 Å². The van der Waals surface area contributed by atoms with Gasteiger partial charge in [0.2, 0.25) is 0 Å². The zero-order valence-corrected chi connectivity index (χ0v) is 21.3. The number of ether oxygens (including phenoxy) is 2. The van der Waals surface area contributed by atoms with E-state index in [2.05, 4.69) is 35.9 Å². The summed E-state index contributed by atoms with van der Waals surface area (Å²) >= 11 is 0. The molecular weight excluding hydrogens is 458 g/mol. The Balaban J connectivity index is 1.81. The van der Waals surface area contributed by atoms with Crippen molar-refractivity contribution in [2.45, 2.75) is 34.1 Å². The summed E-state index contributed by atoms with van der Waals surface area (Å²) in [6, 6.07) is 12.0. The quantitative estimate of drug-likeness (QED) is 0.404. The number of para-hydroxylation sites is 1. The van der Waals surface area contributed by atoms with Crippen molar-refractivity contribution in [2.75, 3.05) is 19.1 Å². The van der Waals surface area contributed by atoms with Crippen molar-refractivity contribution in [1.29, 1.82) is 0 Å². The number of hydrogen-bond acceptors (Lipinski definition) is 5. The van der Waals surface area contributed by atoms with Gasteiger partial charge in [0.25, 0.3) is 11.8 Å². The van der Waals surface area contributed by atoms with Crippen molar-refractivity contribution in [3.05, 3.63) is 76.1 Å². The number of anilines is 1. The zero-order valence-electron chi connectivity index (χ0n) is 21.3. The second-order valence-electron chi connectivity index (χ2n) is 8.59. The number of carbonyl (C=O) groups excluding carboxylic acids is 3. The monoisotopic (exact) mass is 487 g/mol. The number of hydrogen-bond donors (Lipinski definition) is 1. The van der Waals surface area contributed by atoms with Crippen molar-refractivity contribution in [3.63, 3.8) is 0 Å². The van der Waals surface area contributed by atoms with Gasteiger partial charge in [0.1, 0.15) is 17.1 Å². The molecule has 1 aliphatic heterocycles. The van der Waals surface area contributed by atoms with Gasteiger partial charge < -0.3 is 14.0 Å². The SMILES string of the molecule is CCc1cccc(C)c1-n1c(C)cc(/C=C2\C(=O)NC(=O)N(c3ccc(OC)cc3OC)C2=O)c1C. The predicted molar refractivity (Wildman–Crippen MR) is 138 cm³/mol. The number of nitrogens with zero attached hydrogens (tertiary/aromatic N) is 2. The normalized spacial score (nSPS) is 14.9. The van der Waals surface area contributed by atoms with Crippen LogP contribution in [0.2, 0.25) is 0 Å². The lowest BCUT2D eigenvalue weighted by atomic mass is 10.0. The minimum Gasteiger partial charge on any atom is -0.497 e. The van der Waals surface area contributed by atoms with E-state index in [9.17, 15) is 14.4 Å². The first-order valence-corrected chi connectivity index (χ1v) is 11.6. The number of aromatic nitrogens is 1. The maximum absolute atomic E-state index is 13.5. The van der Waals surface area contributed by atoms with E-state index < -0.39 is 17.8 Å². The predicted octanol–water partition coefficient (Wildman–Crippen LogP) is 4.65. The van der Waals surface area contributed by atoms with Crippen LogP contribution >= 0.6 is 0 Å². The van der Waals surface area contributed by atoms with Gasteiger partial charge in [-0.2, -0.15) is 0 Å². The number of benzene rings is 2. The molecule has 1 fully saturated rings. The van der Waals surface area contributed by atoms with E-state index in [1.807, 2.05) is 26.0 Å². The molecule has 8 heteroatoms. The third-order valence-electron chi connectivity index (χ3n) is 6.43. The van der Waals surface area contributed by atoms with Gasteiger partial charge in [-0.25, -0.2) is 9.69 Å². The molecule has 0 atom stereocenters. The van der Waals surface area contributed by atoms with Crippen LogP contribution in [0.1, 0.15) is 35.0 Å². The molecule has 0 saturated carbocycles. The summed E-state index contributed by atoms with van der Waals surface area (Å²) in [6.07, 6.45) is 2.40. The van der Waals surface area contributed by atoms with Gasteiger partial charge in [-0.05, 0) is 68.2 Å². The Morgan fingerprint density at radius 2 is 1.72 bits per heavy atom. The summed E-state index contributed by atoms with van der Waals surface area (Å²) in [5.41, 5.74) is 6.06. The summed E-state index contributed by atoms with van der Waals surface area (Å²) in [6.45, 7) is 8.11. The van der Waals surface area contributed by atoms with Crippen molar-refractivity contribution in [1.82, 2.24) is 9.88 Å². The summed E-state index contributed by atoms with van der Waals surface area (Å²) in [5.74, 6) is -0.718. The summed E-state index contributed by atoms with van der Waals surface area (Å²) in [5, 5.41) is 2.27. The second kappa shape index (κ2) is 9.73. The molecule has 1 N–H and O–H groups in total. The lowest BCUT2D eigenvalue weighted by molar-refractivity contribution is -0.122. The number of barbiturate groups is 1. The van der Waals surface area contributed by atoms with Gasteiger partial charge in [0.05, 0.1) is 25.6 Å². The van der Waals surface area contributed by atoms with Gasteiger partial charge in [-0.15, -0.1) is 0 Å². The maximum Gasteiger partial charge on any atom is 0.336 e. The number of amides is 4. The number of carbonyl (C=O) groups is 3. The molecule has 2 aromatic carbocycles. The lowest BCUT2D eigenvalue weighted by Gasteiger charge is -2.27. The molecule has 0 bridgehead atoms. The third-order valence-corrected chi connectivity index (χ3v) is 6.43. The van der Waals surface area contributed by atoms with Crippen molar-refractivity contribution in [2.24, 2.45) is 0 Å². The molecule has 0 radical (unpaired) electrons. The first kappa shape index (κ1) is 24.8. The highest BCUT2D eigenvalue weighted by Crippen LogP contribution is 2.35. The molecule has 8 nitrogen and oxygen atoms in total. The van der Waals surface area contributed by atoms with E-state index in [0.29, 0.717) is 11.3 Å². The molecule has 1 aromatic heterocycles. The Bertz CT molecular complexity index is 1420. The molecular formula is C28H29N3O5. The van der Waals surface area contributed by atoms with Crippen LogP contribution < -0.4 is 19.7 Å². The van der Waals surface area contributed by atoms with Crippen molar-refractivity contribution in [3.8, 4) is 17.2 Å². The van der Waals surface area contributed by atoms with Crippen LogP contribution in [0, 0.1) is 20.8 Å². The average molecular weight is 488 g/mol. The van der Waals surface area contributed by atoms with Crippen LogP contribution in [0.5, 0.6) is 11.5 Å². The summed E-state index contributed by atoms with van der Waals surface area (Å²) in [7, 11) is 2.93. The Hall–Kier alpha value is -4.33. The molecule has 0 unspecified atom stereocenters. The fourth-order valence-corrected chi connectivity index (χ4v) is 4.60. The standard InChI is InChI=1S/C28H29N3O5/c1-7-19-10-8-9-16(2)25(19)30-17(3)13-20(18(30)4)14-22-26(32)29-28(34)31(27(22)33)23-12-11-21(35-5)15-24(23)36-6/h8-15H,7H2,1-6H3,(H,29,32,34)/b22-14+. The molecule has 4 amide bonds. The van der Waals surface area contributed by atoms with Crippen molar-refractivity contribution >= 4 is 29.6 Å². The number of aryl methyl sites for hydroxylation is 3. The molecule has 0 spiro atoms. The number of urea groups is 1. The molecule has 1 saturated heterocycles. The van der Waals surface area contributed by atoms with Gasteiger partial charge in [-0.3, -0.25) is 14.9 Å². The van der Waals surface area contributed by atoms with Crippen molar-refractivity contribution < 1.29 is 23.9 Å². The average Bonchev–Trinajstić information content (AvgIpc) is 3.13. The Morgan fingerprint density at radius 3 is 2.39 bits per heavy atom. The largest absolute Gasteiger partial charge is 0.497 e. The van der Waals surface area contributed by atoms with Gasteiger partial charge in [-0.1, -0.05) is 25.1 Å². The second-order valence-corrected chi connectivity index (χ2v) is 8.59. The van der Waals surface area contributed by atoms with Gasteiger partial charge >= 0.3 is 6.03 Å². The van der Waals surface area contributed by atoms with E-state index >= 15 is 0 Å². The van der Waals surface area contributed by atoms with Crippen LogP contribution in [0.3, 0.4) is 0 Å². The van der Waals surface area contributed by atoms with Crippen LogP contribution in [0.4, 0.5) is 10.5 Å². The third kappa shape index (κ3) is 4.15. The number of rotatable bonds is 6. The van der Waals surface area contributed by atoms with E-state index in [4.69, 9.17) is 9.47 Å². The zero-order chi connectivity index (χ0) is 26.1. The minimum atomic E-state index is -0.844. The van der Waals surface area contributed by atoms with E-state index in [-0.39, 0.29) is 17.0 Å². The molecule has 186 valence electrons. The smallest absolute Gasteiger partial charge is 0.336 e. The summed E-state index contributed by atoms with van der Waals surface area (Å²) in [4.78, 5) is 39.9. The molecule has 4 rings (SSSR count). The highest BCUT2D eigenvalue weighted by molar-refractivity contribution is 6.39. The highest BCUT2D eigenvalue weighted by atomic mass is 16.5. The molecule has 1 aliphatic rings. The van der Waals surface area contributed by atoms with E-state index in [1.165, 1.54) is 25.9 Å². The lowest BCUT2D eigenvalue weighted by Crippen LogP contribution is -2.54. The fraction of sp³-hybridized carbons (Fsp3) is 0.250. The number of methoxy groups -OCH3 is 2. The Kier molecular flexibility index (Phi) is 6.70. The molecule has 2 heterocycles. The summed E-state index contributed by atoms with van der Waals surface area (Å²) < 4.78 is 12.7. The Labute approximate surface area is 210 Å². The van der Waals surface area contributed by atoms with Crippen LogP contribution in [-0.4, -0.2) is 36.6 Å². The minimum absolute atomic E-state index is 0.145. The Morgan fingerprint density at radius 1 is 0.972 bits per heavy atom. The van der Waals surface area contributed by atoms with Gasteiger partial charge in [0, 0.05) is 17.5 Å². The first-order chi connectivity index (χ1) is 17.2. The molecule has 3 aromatic rings. The molecule has 36 heavy (non-hydrogen) atoms. The maximum atomic E-state index is 13.5. The fourth-order valence-electron chi connectivity index (χ4n) is 4.60. The number of imide groups is 2. The number of nitrogens with one attached hydrogen (secondary N) is 1. The highest BCUT2D eigenvalue weighted by Gasteiger charge is 2.38.